The first-order chi connectivity index (χ1) is 10.7. The molecule has 112 valence electrons. The molecule has 0 bridgehead atoms. The van der Waals surface area contributed by atoms with Crippen LogP contribution in [0.4, 0.5) is 0 Å². The smallest absolute Gasteiger partial charge is 0.123 e. The third-order valence-corrected chi connectivity index (χ3v) is 4.26. The van der Waals surface area contributed by atoms with Crippen LogP contribution in [0.3, 0.4) is 0 Å². The first kappa shape index (κ1) is 15.3. The van der Waals surface area contributed by atoms with E-state index in [1.807, 2.05) is 30.5 Å². The Morgan fingerprint density at radius 3 is 2.50 bits per heavy atom. The minimum absolute atomic E-state index is 0.542. The van der Waals surface area contributed by atoms with Crippen molar-refractivity contribution in [2.24, 2.45) is 0 Å². The molecule has 1 aromatic heterocycles. The lowest BCUT2D eigenvalue weighted by molar-refractivity contribution is 0.303. The van der Waals surface area contributed by atoms with Gasteiger partial charge in [0.1, 0.15) is 18.2 Å². The molecule has 0 amide bonds. The average molecular weight is 422 g/mol. The molecule has 0 aliphatic carbocycles. The van der Waals surface area contributed by atoms with Crippen LogP contribution in [0, 0.1) is 0 Å². The second-order valence-electron chi connectivity index (χ2n) is 4.88. The minimum atomic E-state index is 0.542. The number of hydrogen-bond acceptors (Lipinski definition) is 2. The van der Waals surface area contributed by atoms with Crippen molar-refractivity contribution in [2.75, 3.05) is 0 Å². The Morgan fingerprint density at radius 1 is 1.00 bits per heavy atom. The normalized spacial score (nSPS) is 10.6. The maximum Gasteiger partial charge on any atom is 0.123 e. The van der Waals surface area contributed by atoms with E-state index in [0.717, 1.165) is 31.6 Å². The van der Waals surface area contributed by atoms with Gasteiger partial charge in [0, 0.05) is 33.3 Å². The van der Waals surface area contributed by atoms with Crippen molar-refractivity contribution in [3.8, 4) is 5.75 Å². The monoisotopic (exact) mass is 420 g/mol. The fraction of sp³-hybridized carbons (Fsp3) is 0.118. The van der Waals surface area contributed by atoms with Crippen LogP contribution in [0.5, 0.6) is 5.75 Å². The van der Waals surface area contributed by atoms with E-state index in [1.54, 1.807) is 6.20 Å². The summed E-state index contributed by atoms with van der Waals surface area (Å²) in [5.41, 5.74) is 2.23. The zero-order valence-electron chi connectivity index (χ0n) is 11.7. The van der Waals surface area contributed by atoms with Crippen LogP contribution in [-0.2, 0) is 13.0 Å². The van der Waals surface area contributed by atoms with Crippen molar-refractivity contribution < 1.29 is 4.74 Å². The second kappa shape index (κ2) is 7.11. The van der Waals surface area contributed by atoms with Crippen LogP contribution in [0.2, 0.25) is 0 Å². The zero-order valence-corrected chi connectivity index (χ0v) is 14.9. The summed E-state index contributed by atoms with van der Waals surface area (Å²) < 4.78 is 8.09. The summed E-state index contributed by atoms with van der Waals surface area (Å²) in [4.78, 5) is 7.40. The van der Waals surface area contributed by atoms with E-state index < -0.39 is 0 Å². The summed E-state index contributed by atoms with van der Waals surface area (Å²) in [7, 11) is 0. The van der Waals surface area contributed by atoms with Gasteiger partial charge in [-0.2, -0.15) is 0 Å². The number of nitrogens with zero attached hydrogens (tertiary/aromatic N) is 1. The molecule has 0 atom stereocenters. The van der Waals surface area contributed by atoms with Gasteiger partial charge in [0.25, 0.3) is 0 Å². The van der Waals surface area contributed by atoms with Gasteiger partial charge in [-0.05, 0) is 35.9 Å². The Kier molecular flexibility index (Phi) is 4.95. The number of nitrogens with one attached hydrogen (secondary N) is 1. The molecule has 0 radical (unpaired) electrons. The first-order valence-corrected chi connectivity index (χ1v) is 8.43. The number of hydrogen-bond donors (Lipinski definition) is 1. The van der Waals surface area contributed by atoms with Crippen molar-refractivity contribution in [2.45, 2.75) is 13.0 Å². The van der Waals surface area contributed by atoms with Gasteiger partial charge >= 0.3 is 0 Å². The molecule has 0 saturated carbocycles. The van der Waals surface area contributed by atoms with Crippen LogP contribution >= 0.6 is 31.9 Å². The highest BCUT2D eigenvalue weighted by molar-refractivity contribution is 9.10. The van der Waals surface area contributed by atoms with Gasteiger partial charge in [0.05, 0.1) is 0 Å². The van der Waals surface area contributed by atoms with Gasteiger partial charge in [0.15, 0.2) is 0 Å². The molecule has 1 N–H and O–H groups in total. The van der Waals surface area contributed by atoms with Crippen LogP contribution in [0.15, 0.2) is 63.8 Å². The number of H-pyrrole nitrogens is 1. The van der Waals surface area contributed by atoms with Gasteiger partial charge in [-0.3, -0.25) is 0 Å². The van der Waals surface area contributed by atoms with Gasteiger partial charge in [-0.15, -0.1) is 0 Å². The summed E-state index contributed by atoms with van der Waals surface area (Å²) in [6.45, 7) is 0.542. The lowest BCUT2D eigenvalue weighted by Gasteiger charge is -2.12. The summed E-state index contributed by atoms with van der Waals surface area (Å²) in [6.07, 6.45) is 4.30. The predicted octanol–water partition coefficient (Wildman–Crippen LogP) is 5.10. The van der Waals surface area contributed by atoms with Crippen molar-refractivity contribution in [1.82, 2.24) is 9.97 Å². The van der Waals surface area contributed by atoms with E-state index in [0.29, 0.717) is 13.0 Å². The number of halogens is 2. The largest absolute Gasteiger partial charge is 0.489 e. The molecule has 0 saturated heterocycles. The van der Waals surface area contributed by atoms with Crippen LogP contribution in [0.25, 0.3) is 0 Å². The highest BCUT2D eigenvalue weighted by Gasteiger charge is 2.08. The van der Waals surface area contributed by atoms with Crippen molar-refractivity contribution in [3.63, 3.8) is 0 Å². The summed E-state index contributed by atoms with van der Waals surface area (Å²) >= 11 is 6.95. The first-order valence-electron chi connectivity index (χ1n) is 6.84. The van der Waals surface area contributed by atoms with E-state index in [4.69, 9.17) is 4.74 Å². The number of aromatic nitrogens is 2. The molecular weight excluding hydrogens is 408 g/mol. The second-order valence-corrected chi connectivity index (χ2v) is 6.71. The average Bonchev–Trinajstić information content (AvgIpc) is 3.01. The Hall–Kier alpha value is -1.59. The molecule has 3 nitrogen and oxygen atoms in total. The summed E-state index contributed by atoms with van der Waals surface area (Å²) in [5.74, 6) is 1.80. The number of ether oxygens (including phenoxy) is 1. The molecule has 2 aromatic carbocycles. The maximum atomic E-state index is 5.99. The summed E-state index contributed by atoms with van der Waals surface area (Å²) in [6, 6.07) is 14.2. The molecule has 0 aliphatic rings. The molecule has 1 heterocycles. The van der Waals surface area contributed by atoms with Crippen molar-refractivity contribution >= 4 is 31.9 Å². The van der Waals surface area contributed by atoms with Gasteiger partial charge in [-0.1, -0.05) is 44.0 Å². The third kappa shape index (κ3) is 3.99. The molecule has 0 aliphatic heterocycles. The van der Waals surface area contributed by atoms with E-state index in [2.05, 4.69) is 60.0 Å². The lowest BCUT2D eigenvalue weighted by atomic mass is 10.1. The third-order valence-electron chi connectivity index (χ3n) is 3.24. The molecular formula is C17H14Br2N2O. The topological polar surface area (TPSA) is 37.9 Å². The molecule has 3 aromatic rings. The maximum absolute atomic E-state index is 5.99. The van der Waals surface area contributed by atoms with Crippen LogP contribution < -0.4 is 4.74 Å². The Morgan fingerprint density at radius 2 is 1.77 bits per heavy atom. The van der Waals surface area contributed by atoms with Gasteiger partial charge < -0.3 is 9.72 Å². The molecule has 0 fully saturated rings. The highest BCUT2D eigenvalue weighted by atomic mass is 79.9. The molecule has 5 heteroatoms. The number of imidazole rings is 1. The SMILES string of the molecule is Brc1ccc(COc2ccc(Br)cc2Cc2ncc[nH]2)cc1. The molecule has 3 rings (SSSR count). The van der Waals surface area contributed by atoms with Gasteiger partial charge in [0.2, 0.25) is 0 Å². The standard InChI is InChI=1S/C17H14Br2N2O/c18-14-3-1-12(2-4-14)11-22-16-6-5-15(19)9-13(16)10-17-20-7-8-21-17/h1-9H,10-11H2,(H,20,21). The van der Waals surface area contributed by atoms with Crippen LogP contribution in [0.1, 0.15) is 17.0 Å². The number of aromatic amines is 1. The Bertz CT molecular complexity index is 740. The lowest BCUT2D eigenvalue weighted by Crippen LogP contribution is -2.00. The van der Waals surface area contributed by atoms with E-state index >= 15 is 0 Å². The number of rotatable bonds is 5. The van der Waals surface area contributed by atoms with E-state index in [1.165, 1.54) is 0 Å². The quantitative estimate of drug-likeness (QED) is 0.621. The van der Waals surface area contributed by atoms with Crippen molar-refractivity contribution in [3.05, 3.63) is 80.8 Å². The zero-order chi connectivity index (χ0) is 15.4. The Labute approximate surface area is 146 Å². The molecule has 22 heavy (non-hydrogen) atoms. The Balaban J connectivity index is 1.76. The summed E-state index contributed by atoms with van der Waals surface area (Å²) in [5, 5.41) is 0. The highest BCUT2D eigenvalue weighted by Crippen LogP contribution is 2.26. The fourth-order valence-electron chi connectivity index (χ4n) is 2.14. The minimum Gasteiger partial charge on any atom is -0.489 e. The predicted molar refractivity (Wildman–Crippen MR) is 94.0 cm³/mol. The fourth-order valence-corrected chi connectivity index (χ4v) is 2.82. The van der Waals surface area contributed by atoms with E-state index in [-0.39, 0.29) is 0 Å². The number of benzene rings is 2. The van der Waals surface area contributed by atoms with Crippen LogP contribution in [-0.4, -0.2) is 9.97 Å². The van der Waals surface area contributed by atoms with Gasteiger partial charge in [-0.25, -0.2) is 4.98 Å². The van der Waals surface area contributed by atoms with E-state index in [9.17, 15) is 0 Å². The molecule has 0 spiro atoms. The van der Waals surface area contributed by atoms with Crippen molar-refractivity contribution in [1.29, 1.82) is 0 Å². The molecule has 0 unspecified atom stereocenters.